The molecule has 142 valence electrons. The molecule has 0 saturated carbocycles. The molecular formula is C18H20N4O4S. The summed E-state index contributed by atoms with van der Waals surface area (Å²) in [6, 6.07) is 5.11. The summed E-state index contributed by atoms with van der Waals surface area (Å²) in [5.74, 6) is 0.964. The fourth-order valence-electron chi connectivity index (χ4n) is 3.24. The number of aromatic nitrogens is 2. The normalized spacial score (nSPS) is 18.2. The number of rotatable bonds is 4. The Hall–Kier alpha value is -2.68. The van der Waals surface area contributed by atoms with Crippen LogP contribution in [0.5, 0.6) is 11.5 Å². The number of carbonyl (C=O) groups is 2. The average molecular weight is 388 g/mol. The Morgan fingerprint density at radius 3 is 2.89 bits per heavy atom. The summed E-state index contributed by atoms with van der Waals surface area (Å²) >= 11 is 1.23. The molecule has 0 radical (unpaired) electrons. The summed E-state index contributed by atoms with van der Waals surface area (Å²) in [6.07, 6.45) is 1.78. The van der Waals surface area contributed by atoms with Crippen LogP contribution in [0.1, 0.15) is 47.5 Å². The van der Waals surface area contributed by atoms with Crippen molar-refractivity contribution in [3.63, 3.8) is 0 Å². The molecule has 2 aliphatic heterocycles. The summed E-state index contributed by atoms with van der Waals surface area (Å²) in [5, 5.41) is 12.0. The first-order valence-electron chi connectivity index (χ1n) is 8.88. The van der Waals surface area contributed by atoms with Crippen molar-refractivity contribution in [3.05, 3.63) is 28.2 Å². The monoisotopic (exact) mass is 388 g/mol. The van der Waals surface area contributed by atoms with Crippen molar-refractivity contribution in [2.24, 2.45) is 5.92 Å². The molecule has 0 bridgehead atoms. The largest absolute Gasteiger partial charge is 0.454 e. The molecule has 1 aromatic carbocycles. The molecular weight excluding hydrogens is 368 g/mol. The number of likely N-dealkylation sites (tertiary alicyclic amines) is 1. The topological polar surface area (TPSA) is 93.7 Å². The van der Waals surface area contributed by atoms with Gasteiger partial charge in [-0.05, 0) is 25.0 Å². The number of hydrogen-bond donors (Lipinski definition) is 1. The van der Waals surface area contributed by atoms with E-state index in [0.29, 0.717) is 22.2 Å². The van der Waals surface area contributed by atoms with Crippen LogP contribution >= 0.6 is 11.3 Å². The van der Waals surface area contributed by atoms with Gasteiger partial charge in [-0.25, -0.2) is 0 Å². The van der Waals surface area contributed by atoms with E-state index in [1.54, 1.807) is 18.2 Å². The molecule has 1 N–H and O–H groups in total. The van der Waals surface area contributed by atoms with Gasteiger partial charge in [0.2, 0.25) is 17.7 Å². The van der Waals surface area contributed by atoms with Crippen LogP contribution in [0.25, 0.3) is 0 Å². The first-order chi connectivity index (χ1) is 13.0. The molecule has 1 fully saturated rings. The van der Waals surface area contributed by atoms with E-state index in [-0.39, 0.29) is 35.6 Å². The number of carbonyl (C=O) groups excluding carboxylic acids is 2. The van der Waals surface area contributed by atoms with Gasteiger partial charge in [0.05, 0.1) is 6.04 Å². The Morgan fingerprint density at radius 2 is 2.07 bits per heavy atom. The molecule has 3 heterocycles. The molecule has 0 aliphatic carbocycles. The maximum atomic E-state index is 12.5. The predicted molar refractivity (Wildman–Crippen MR) is 99.0 cm³/mol. The van der Waals surface area contributed by atoms with Crippen molar-refractivity contribution < 1.29 is 19.1 Å². The molecule has 0 unspecified atom stereocenters. The van der Waals surface area contributed by atoms with Crippen LogP contribution in [0.2, 0.25) is 0 Å². The molecule has 1 atom stereocenters. The van der Waals surface area contributed by atoms with E-state index in [2.05, 4.69) is 15.5 Å². The Balaban J connectivity index is 1.47. The van der Waals surface area contributed by atoms with Gasteiger partial charge in [-0.3, -0.25) is 9.59 Å². The van der Waals surface area contributed by atoms with Crippen LogP contribution in [0.15, 0.2) is 18.2 Å². The van der Waals surface area contributed by atoms with Gasteiger partial charge in [0, 0.05) is 24.2 Å². The minimum Gasteiger partial charge on any atom is -0.454 e. The van der Waals surface area contributed by atoms with E-state index < -0.39 is 0 Å². The van der Waals surface area contributed by atoms with Crippen LogP contribution in [-0.4, -0.2) is 40.2 Å². The third-order valence-corrected chi connectivity index (χ3v) is 5.60. The van der Waals surface area contributed by atoms with Crippen LogP contribution in [-0.2, 0) is 4.79 Å². The summed E-state index contributed by atoms with van der Waals surface area (Å²) < 4.78 is 10.6. The smallest absolute Gasteiger partial charge is 0.286 e. The van der Waals surface area contributed by atoms with E-state index in [9.17, 15) is 9.59 Å². The molecule has 2 aliphatic rings. The highest BCUT2D eigenvalue weighted by Gasteiger charge is 2.34. The average Bonchev–Trinajstić information content (AvgIpc) is 3.39. The molecule has 2 aromatic rings. The Kier molecular flexibility index (Phi) is 4.69. The fraction of sp³-hybridized carbons (Fsp3) is 0.444. The van der Waals surface area contributed by atoms with Crippen LogP contribution in [0, 0.1) is 5.92 Å². The van der Waals surface area contributed by atoms with Gasteiger partial charge in [-0.1, -0.05) is 25.2 Å². The molecule has 1 aromatic heterocycles. The predicted octanol–water partition coefficient (Wildman–Crippen LogP) is 2.84. The number of nitrogens with zero attached hydrogens (tertiary/aromatic N) is 3. The molecule has 4 rings (SSSR count). The third-order valence-electron chi connectivity index (χ3n) is 4.58. The van der Waals surface area contributed by atoms with E-state index >= 15 is 0 Å². The SMILES string of the molecule is CC(C)C(=O)N1CCC[C@H]1c1nnc(C(=O)Nc2ccc3c(c2)OCO3)s1. The number of amides is 2. The zero-order chi connectivity index (χ0) is 19.0. The van der Waals surface area contributed by atoms with E-state index in [0.717, 1.165) is 19.4 Å². The van der Waals surface area contributed by atoms with Crippen LogP contribution in [0.4, 0.5) is 5.69 Å². The second-order valence-electron chi connectivity index (χ2n) is 6.81. The second-order valence-corrected chi connectivity index (χ2v) is 7.82. The van der Waals surface area contributed by atoms with Crippen LogP contribution in [0.3, 0.4) is 0 Å². The van der Waals surface area contributed by atoms with Gasteiger partial charge < -0.3 is 19.7 Å². The quantitative estimate of drug-likeness (QED) is 0.866. The maximum absolute atomic E-state index is 12.5. The zero-order valence-corrected chi connectivity index (χ0v) is 15.9. The van der Waals surface area contributed by atoms with Crippen molar-refractivity contribution in [2.75, 3.05) is 18.7 Å². The molecule has 9 heteroatoms. The van der Waals surface area contributed by atoms with Crippen LogP contribution < -0.4 is 14.8 Å². The third kappa shape index (κ3) is 3.46. The first-order valence-corrected chi connectivity index (χ1v) is 9.69. The highest BCUT2D eigenvalue weighted by Crippen LogP contribution is 2.36. The van der Waals surface area contributed by atoms with Crippen molar-refractivity contribution in [2.45, 2.75) is 32.7 Å². The number of fused-ring (bicyclic) bond motifs is 1. The van der Waals surface area contributed by atoms with Crippen molar-refractivity contribution in [1.29, 1.82) is 0 Å². The van der Waals surface area contributed by atoms with Gasteiger partial charge >= 0.3 is 0 Å². The lowest BCUT2D eigenvalue weighted by atomic mass is 10.1. The first kappa shape index (κ1) is 17.7. The molecule has 8 nitrogen and oxygen atoms in total. The molecule has 0 spiro atoms. The minimum absolute atomic E-state index is 0.0627. The standard InChI is InChI=1S/C18H20N4O4S/c1-10(2)18(24)22-7-3-4-12(22)16-20-21-17(27-16)15(23)19-11-5-6-13-14(8-11)26-9-25-13/h5-6,8,10,12H,3-4,7,9H2,1-2H3,(H,19,23)/t12-/m0/s1. The minimum atomic E-state index is -0.336. The summed E-state index contributed by atoms with van der Waals surface area (Å²) in [7, 11) is 0. The zero-order valence-electron chi connectivity index (χ0n) is 15.1. The van der Waals surface area contributed by atoms with Crippen molar-refractivity contribution in [1.82, 2.24) is 15.1 Å². The Bertz CT molecular complexity index is 882. The van der Waals surface area contributed by atoms with E-state index in [1.807, 2.05) is 18.7 Å². The lowest BCUT2D eigenvalue weighted by Gasteiger charge is -2.24. The van der Waals surface area contributed by atoms with Gasteiger partial charge in [0.15, 0.2) is 11.5 Å². The number of ether oxygens (including phenoxy) is 2. The second kappa shape index (κ2) is 7.15. The molecule has 27 heavy (non-hydrogen) atoms. The summed E-state index contributed by atoms with van der Waals surface area (Å²) in [5.41, 5.74) is 0.596. The number of benzene rings is 1. The maximum Gasteiger partial charge on any atom is 0.286 e. The van der Waals surface area contributed by atoms with E-state index in [1.165, 1.54) is 11.3 Å². The van der Waals surface area contributed by atoms with Gasteiger partial charge in [-0.15, -0.1) is 10.2 Å². The van der Waals surface area contributed by atoms with Gasteiger partial charge in [0.25, 0.3) is 5.91 Å². The summed E-state index contributed by atoms with van der Waals surface area (Å²) in [6.45, 7) is 4.68. The fourth-order valence-corrected chi connectivity index (χ4v) is 4.12. The van der Waals surface area contributed by atoms with Crippen molar-refractivity contribution in [3.8, 4) is 11.5 Å². The number of anilines is 1. The van der Waals surface area contributed by atoms with E-state index in [4.69, 9.17) is 9.47 Å². The Morgan fingerprint density at radius 1 is 1.26 bits per heavy atom. The lowest BCUT2D eigenvalue weighted by Crippen LogP contribution is -2.33. The highest BCUT2D eigenvalue weighted by atomic mass is 32.1. The lowest BCUT2D eigenvalue weighted by molar-refractivity contribution is -0.135. The Labute approximate surface area is 160 Å². The molecule has 2 amide bonds. The number of hydrogen-bond acceptors (Lipinski definition) is 7. The van der Waals surface area contributed by atoms with Gasteiger partial charge in [-0.2, -0.15) is 0 Å². The molecule has 1 saturated heterocycles. The highest BCUT2D eigenvalue weighted by molar-refractivity contribution is 7.13. The van der Waals surface area contributed by atoms with Gasteiger partial charge in [0.1, 0.15) is 5.01 Å². The summed E-state index contributed by atoms with van der Waals surface area (Å²) in [4.78, 5) is 26.7. The number of nitrogens with one attached hydrogen (secondary N) is 1. The van der Waals surface area contributed by atoms with Crippen molar-refractivity contribution >= 4 is 28.8 Å².